The van der Waals surface area contributed by atoms with Gasteiger partial charge in [0.2, 0.25) is 0 Å². The van der Waals surface area contributed by atoms with Crippen molar-refractivity contribution in [3.05, 3.63) is 46.4 Å². The van der Waals surface area contributed by atoms with Crippen molar-refractivity contribution in [2.45, 2.75) is 38.5 Å². The quantitative estimate of drug-likeness (QED) is 0.859. The van der Waals surface area contributed by atoms with Crippen LogP contribution in [0.2, 0.25) is 5.02 Å². The Labute approximate surface area is 139 Å². The Morgan fingerprint density at radius 1 is 1.30 bits per heavy atom. The second-order valence-corrected chi connectivity index (χ2v) is 6.50. The zero-order valence-electron chi connectivity index (χ0n) is 12.7. The fourth-order valence-corrected chi connectivity index (χ4v) is 3.26. The molecule has 122 valence electrons. The smallest absolute Gasteiger partial charge is 0.259 e. The third kappa shape index (κ3) is 4.10. The minimum Gasteiger partial charge on any atom is -0.305 e. The van der Waals surface area contributed by atoms with Crippen molar-refractivity contribution >= 4 is 23.3 Å². The minimum absolute atomic E-state index is 0.0886. The summed E-state index contributed by atoms with van der Waals surface area (Å²) in [4.78, 5) is 12.1. The van der Waals surface area contributed by atoms with Gasteiger partial charge in [-0.15, -0.1) is 0 Å². The van der Waals surface area contributed by atoms with Crippen molar-refractivity contribution in [1.29, 1.82) is 0 Å². The lowest BCUT2D eigenvalue weighted by Gasteiger charge is -2.20. The van der Waals surface area contributed by atoms with Crippen molar-refractivity contribution in [2.75, 3.05) is 5.32 Å². The predicted molar refractivity (Wildman–Crippen MR) is 88.2 cm³/mol. The first-order valence-corrected chi connectivity index (χ1v) is 8.30. The number of benzene rings is 1. The zero-order chi connectivity index (χ0) is 16.2. The molecule has 1 aromatic carbocycles. The predicted octanol–water partition coefficient (Wildman–Crippen LogP) is 4.58. The molecular weight excluding hydrogens is 317 g/mol. The number of carbonyl (C=O) groups is 1. The third-order valence-corrected chi connectivity index (χ3v) is 4.51. The molecule has 0 radical (unpaired) electrons. The van der Waals surface area contributed by atoms with Gasteiger partial charge in [0.25, 0.3) is 5.91 Å². The van der Waals surface area contributed by atoms with Gasteiger partial charge < -0.3 is 5.32 Å². The summed E-state index contributed by atoms with van der Waals surface area (Å²) in [6, 6.07) is 5.71. The normalized spacial score (nSPS) is 15.6. The van der Waals surface area contributed by atoms with Gasteiger partial charge in [-0.25, -0.2) is 4.39 Å². The molecule has 1 heterocycles. The lowest BCUT2D eigenvalue weighted by molar-refractivity contribution is 0.102. The second kappa shape index (κ2) is 7.13. The summed E-state index contributed by atoms with van der Waals surface area (Å²) < 4.78 is 13.7. The van der Waals surface area contributed by atoms with Gasteiger partial charge in [0.1, 0.15) is 5.82 Å². The molecule has 1 aliphatic rings. The molecule has 3 rings (SSSR count). The monoisotopic (exact) mass is 335 g/mol. The van der Waals surface area contributed by atoms with E-state index >= 15 is 0 Å². The Morgan fingerprint density at radius 2 is 2.09 bits per heavy atom. The number of aromatic nitrogens is 2. The Balaban J connectivity index is 1.64. The number of nitrogens with zero attached hydrogens (tertiary/aromatic N) is 1. The van der Waals surface area contributed by atoms with Crippen molar-refractivity contribution in [1.82, 2.24) is 10.2 Å². The third-order valence-electron chi connectivity index (χ3n) is 4.28. The molecule has 1 fully saturated rings. The zero-order valence-corrected chi connectivity index (χ0v) is 13.5. The fraction of sp³-hybridized carbons (Fsp3) is 0.412. The van der Waals surface area contributed by atoms with E-state index in [1.165, 1.54) is 50.3 Å². The van der Waals surface area contributed by atoms with Gasteiger partial charge in [0.15, 0.2) is 5.82 Å². The van der Waals surface area contributed by atoms with Gasteiger partial charge in [0.05, 0.1) is 5.56 Å². The van der Waals surface area contributed by atoms with Gasteiger partial charge in [-0.3, -0.25) is 9.89 Å². The number of anilines is 1. The number of H-pyrrole nitrogens is 1. The van der Waals surface area contributed by atoms with Crippen LogP contribution in [-0.4, -0.2) is 16.1 Å². The molecule has 6 heteroatoms. The summed E-state index contributed by atoms with van der Waals surface area (Å²) >= 11 is 5.81. The molecule has 1 aliphatic carbocycles. The molecule has 1 amide bonds. The highest BCUT2D eigenvalue weighted by Crippen LogP contribution is 2.27. The summed E-state index contributed by atoms with van der Waals surface area (Å²) in [6.45, 7) is 0. The number of hydrogen-bond donors (Lipinski definition) is 2. The molecule has 23 heavy (non-hydrogen) atoms. The molecule has 2 aromatic rings. The molecule has 0 aliphatic heterocycles. The Bertz CT molecular complexity index is 695. The Kier molecular flexibility index (Phi) is 4.96. The summed E-state index contributed by atoms with van der Waals surface area (Å²) in [5.74, 6) is -0.0797. The molecule has 0 atom stereocenters. The summed E-state index contributed by atoms with van der Waals surface area (Å²) in [6.07, 6.45) is 7.33. The average molecular weight is 336 g/mol. The van der Waals surface area contributed by atoms with E-state index in [4.69, 9.17) is 11.6 Å². The molecule has 0 bridgehead atoms. The molecule has 1 aromatic heterocycles. The molecule has 4 nitrogen and oxygen atoms in total. The molecule has 2 N–H and O–H groups in total. The van der Waals surface area contributed by atoms with Crippen LogP contribution in [0.1, 0.15) is 48.2 Å². The van der Waals surface area contributed by atoms with Crippen LogP contribution in [0.4, 0.5) is 10.2 Å². The first-order valence-electron chi connectivity index (χ1n) is 7.92. The molecule has 0 spiro atoms. The first-order chi connectivity index (χ1) is 11.1. The Hall–Kier alpha value is -1.88. The highest BCUT2D eigenvalue weighted by molar-refractivity contribution is 6.31. The number of rotatable bonds is 4. The Morgan fingerprint density at radius 3 is 2.87 bits per heavy atom. The summed E-state index contributed by atoms with van der Waals surface area (Å²) in [5, 5.41) is 9.96. The van der Waals surface area contributed by atoms with Gasteiger partial charge in [-0.1, -0.05) is 43.7 Å². The van der Waals surface area contributed by atoms with Crippen LogP contribution in [0.5, 0.6) is 0 Å². The lowest BCUT2D eigenvalue weighted by atomic mass is 9.86. The minimum atomic E-state index is -0.607. The number of halogens is 2. The van der Waals surface area contributed by atoms with Crippen LogP contribution >= 0.6 is 11.6 Å². The molecule has 0 unspecified atom stereocenters. The first kappa shape index (κ1) is 16.0. The van der Waals surface area contributed by atoms with Crippen LogP contribution in [0, 0.1) is 11.7 Å². The second-order valence-electron chi connectivity index (χ2n) is 6.06. The SMILES string of the molecule is O=C(Nc1cc(CC2CCCCC2)[nH]n1)c1cc(Cl)ccc1F. The number of hydrogen-bond acceptors (Lipinski definition) is 2. The van der Waals surface area contributed by atoms with Gasteiger partial charge >= 0.3 is 0 Å². The molecule has 0 saturated heterocycles. The summed E-state index contributed by atoms with van der Waals surface area (Å²) in [5.41, 5.74) is 0.910. The maximum Gasteiger partial charge on any atom is 0.259 e. The number of aromatic amines is 1. The van der Waals surface area contributed by atoms with Gasteiger partial charge in [0, 0.05) is 16.8 Å². The van der Waals surface area contributed by atoms with E-state index in [-0.39, 0.29) is 5.56 Å². The maximum atomic E-state index is 13.7. The van der Waals surface area contributed by atoms with Crippen LogP contribution in [0.3, 0.4) is 0 Å². The largest absolute Gasteiger partial charge is 0.305 e. The number of nitrogens with one attached hydrogen (secondary N) is 2. The van der Waals surface area contributed by atoms with Crippen molar-refractivity contribution in [2.24, 2.45) is 5.92 Å². The summed E-state index contributed by atoms with van der Waals surface area (Å²) in [7, 11) is 0. The maximum absolute atomic E-state index is 13.7. The van der Waals surface area contributed by atoms with Crippen LogP contribution in [0.15, 0.2) is 24.3 Å². The van der Waals surface area contributed by atoms with Gasteiger partial charge in [-0.05, 0) is 30.5 Å². The van der Waals surface area contributed by atoms with Crippen molar-refractivity contribution in [3.63, 3.8) is 0 Å². The van der Waals surface area contributed by atoms with Crippen molar-refractivity contribution < 1.29 is 9.18 Å². The molecule has 1 saturated carbocycles. The van der Waals surface area contributed by atoms with E-state index < -0.39 is 11.7 Å². The lowest BCUT2D eigenvalue weighted by Crippen LogP contribution is -2.14. The number of amides is 1. The van der Waals surface area contributed by atoms with Crippen molar-refractivity contribution in [3.8, 4) is 0 Å². The van der Waals surface area contributed by atoms with Gasteiger partial charge in [-0.2, -0.15) is 5.10 Å². The fourth-order valence-electron chi connectivity index (χ4n) is 3.09. The van der Waals surface area contributed by atoms with Crippen LogP contribution in [0.25, 0.3) is 0 Å². The van der Waals surface area contributed by atoms with Crippen LogP contribution < -0.4 is 5.32 Å². The van der Waals surface area contributed by atoms with E-state index in [0.29, 0.717) is 16.8 Å². The molecular formula is C17H19ClFN3O. The van der Waals surface area contributed by atoms with E-state index in [9.17, 15) is 9.18 Å². The van der Waals surface area contributed by atoms with Crippen LogP contribution in [-0.2, 0) is 6.42 Å². The van der Waals surface area contributed by atoms with E-state index in [1.807, 2.05) is 6.07 Å². The van der Waals surface area contributed by atoms with E-state index in [1.54, 1.807) is 0 Å². The topological polar surface area (TPSA) is 57.8 Å². The highest BCUT2D eigenvalue weighted by atomic mass is 35.5. The highest BCUT2D eigenvalue weighted by Gasteiger charge is 2.17. The van der Waals surface area contributed by atoms with E-state index in [2.05, 4.69) is 15.5 Å². The average Bonchev–Trinajstić information content (AvgIpc) is 2.97. The van der Waals surface area contributed by atoms with E-state index in [0.717, 1.165) is 12.1 Å². The number of carbonyl (C=O) groups excluding carboxylic acids is 1. The standard InChI is InChI=1S/C17H19ClFN3O/c18-12-6-7-15(19)14(9-12)17(23)20-16-10-13(21-22-16)8-11-4-2-1-3-5-11/h6-7,9-11H,1-5,8H2,(H2,20,21,22,23).